The number of hydrogen-bond acceptors (Lipinski definition) is 8. The van der Waals surface area contributed by atoms with E-state index in [9.17, 15) is 13.2 Å². The molecular formula is C29H30N4O6S. The third-order valence-electron chi connectivity index (χ3n) is 6.91. The molecule has 0 saturated carbocycles. The number of benzene rings is 3. The van der Waals surface area contributed by atoms with Gasteiger partial charge in [-0.1, -0.05) is 41.6 Å². The molecule has 1 amide bonds. The lowest BCUT2D eigenvalue weighted by Gasteiger charge is -2.28. The Morgan fingerprint density at radius 1 is 1.10 bits per heavy atom. The summed E-state index contributed by atoms with van der Waals surface area (Å²) < 4.78 is 44.7. The first-order chi connectivity index (χ1) is 19.3. The minimum Gasteiger partial charge on any atom is -0.493 e. The quantitative estimate of drug-likeness (QED) is 0.263. The second-order valence-electron chi connectivity index (χ2n) is 9.37. The molecule has 5 rings (SSSR count). The van der Waals surface area contributed by atoms with E-state index in [1.807, 2.05) is 24.3 Å². The van der Waals surface area contributed by atoms with Gasteiger partial charge < -0.3 is 18.9 Å². The van der Waals surface area contributed by atoms with Crippen LogP contribution in [0, 0.1) is 0 Å². The zero-order valence-corrected chi connectivity index (χ0v) is 23.1. The highest BCUT2D eigenvalue weighted by molar-refractivity contribution is 7.89. The number of hydrogen-bond donors (Lipinski definition) is 0. The first-order valence-corrected chi connectivity index (χ1v) is 14.2. The zero-order chi connectivity index (χ0) is 28.3. The molecule has 3 aromatic carbocycles. The smallest absolute Gasteiger partial charge is 0.246 e. The molecule has 0 unspecified atom stereocenters. The van der Waals surface area contributed by atoms with Crippen molar-refractivity contribution in [3.63, 3.8) is 0 Å². The molecule has 1 atom stereocenters. The van der Waals surface area contributed by atoms with Gasteiger partial charge in [-0.3, -0.25) is 4.79 Å². The van der Waals surface area contributed by atoms with Crippen LogP contribution in [0.5, 0.6) is 11.5 Å². The molecule has 208 valence electrons. The minimum atomic E-state index is -3.90. The Balaban J connectivity index is 1.36. The van der Waals surface area contributed by atoms with Crippen molar-refractivity contribution in [3.05, 3.63) is 79.2 Å². The van der Waals surface area contributed by atoms with E-state index >= 15 is 0 Å². The molecule has 0 aliphatic carbocycles. The summed E-state index contributed by atoms with van der Waals surface area (Å²) in [5.41, 5.74) is 0.651. The zero-order valence-electron chi connectivity index (χ0n) is 22.3. The van der Waals surface area contributed by atoms with Gasteiger partial charge in [-0.25, -0.2) is 8.42 Å². The SMILES string of the molecule is C=CCN(Cc1nc(-c2ccc(OC)c(OC)c2)no1)C(=O)[C@H]1CCCN1S(=O)(=O)c1ccc2ccccc2c1. The summed E-state index contributed by atoms with van der Waals surface area (Å²) in [5.74, 6) is 1.28. The Morgan fingerprint density at radius 3 is 2.62 bits per heavy atom. The molecule has 1 saturated heterocycles. The molecule has 0 radical (unpaired) electrons. The van der Waals surface area contributed by atoms with Crippen molar-refractivity contribution >= 4 is 26.7 Å². The van der Waals surface area contributed by atoms with Gasteiger partial charge in [-0.2, -0.15) is 9.29 Å². The average molecular weight is 563 g/mol. The first kappa shape index (κ1) is 27.4. The molecule has 4 aromatic rings. The number of sulfonamides is 1. The van der Waals surface area contributed by atoms with Crippen molar-refractivity contribution < 1.29 is 27.2 Å². The first-order valence-electron chi connectivity index (χ1n) is 12.8. The molecule has 11 heteroatoms. The van der Waals surface area contributed by atoms with E-state index in [2.05, 4.69) is 16.7 Å². The van der Waals surface area contributed by atoms with Crippen LogP contribution < -0.4 is 9.47 Å². The molecule has 40 heavy (non-hydrogen) atoms. The lowest BCUT2D eigenvalue weighted by atomic mass is 10.1. The predicted molar refractivity (Wildman–Crippen MR) is 149 cm³/mol. The van der Waals surface area contributed by atoms with Crippen LogP contribution in [0.2, 0.25) is 0 Å². The van der Waals surface area contributed by atoms with Gasteiger partial charge in [0.1, 0.15) is 12.6 Å². The summed E-state index contributed by atoms with van der Waals surface area (Å²) >= 11 is 0. The summed E-state index contributed by atoms with van der Waals surface area (Å²) in [6.07, 6.45) is 2.58. The highest BCUT2D eigenvalue weighted by Crippen LogP contribution is 2.32. The van der Waals surface area contributed by atoms with Crippen LogP contribution in [-0.2, 0) is 21.4 Å². The summed E-state index contributed by atoms with van der Waals surface area (Å²) in [7, 11) is -0.818. The fourth-order valence-electron chi connectivity index (χ4n) is 4.91. The van der Waals surface area contributed by atoms with Crippen LogP contribution in [0.1, 0.15) is 18.7 Å². The number of rotatable bonds is 10. The van der Waals surface area contributed by atoms with Crippen LogP contribution in [0.4, 0.5) is 0 Å². The maximum atomic E-state index is 13.7. The van der Waals surface area contributed by atoms with Gasteiger partial charge in [0.05, 0.1) is 19.1 Å². The number of amides is 1. The summed E-state index contributed by atoms with van der Waals surface area (Å²) in [6.45, 7) is 4.22. The lowest BCUT2D eigenvalue weighted by molar-refractivity contribution is -0.135. The fraction of sp³-hybridized carbons (Fsp3) is 0.276. The Morgan fingerprint density at radius 2 is 1.88 bits per heavy atom. The highest BCUT2D eigenvalue weighted by Gasteiger charge is 2.41. The Kier molecular flexibility index (Phi) is 7.85. The number of fused-ring (bicyclic) bond motifs is 1. The van der Waals surface area contributed by atoms with Crippen LogP contribution >= 0.6 is 0 Å². The van der Waals surface area contributed by atoms with Gasteiger partial charge >= 0.3 is 0 Å². The van der Waals surface area contributed by atoms with Crippen molar-refractivity contribution in [1.29, 1.82) is 0 Å². The summed E-state index contributed by atoms with van der Waals surface area (Å²) in [4.78, 5) is 19.8. The van der Waals surface area contributed by atoms with Gasteiger partial charge in [0.15, 0.2) is 11.5 Å². The molecule has 10 nitrogen and oxygen atoms in total. The number of carbonyl (C=O) groups is 1. The van der Waals surface area contributed by atoms with Crippen LogP contribution in [0.25, 0.3) is 22.2 Å². The van der Waals surface area contributed by atoms with E-state index in [0.29, 0.717) is 35.7 Å². The average Bonchev–Trinajstić information content (AvgIpc) is 3.67. The molecular weight excluding hydrogens is 532 g/mol. The van der Waals surface area contributed by atoms with Crippen molar-refractivity contribution in [2.45, 2.75) is 30.3 Å². The maximum absolute atomic E-state index is 13.7. The van der Waals surface area contributed by atoms with Gasteiger partial charge in [0.25, 0.3) is 0 Å². The second kappa shape index (κ2) is 11.5. The minimum absolute atomic E-state index is 0.00546. The predicted octanol–water partition coefficient (Wildman–Crippen LogP) is 4.27. The molecule has 2 heterocycles. The van der Waals surface area contributed by atoms with Crippen LogP contribution in [0.15, 0.2) is 82.7 Å². The Bertz CT molecular complexity index is 1650. The second-order valence-corrected chi connectivity index (χ2v) is 11.3. The highest BCUT2D eigenvalue weighted by atomic mass is 32.2. The standard InChI is InChI=1S/C29H30N4O6S/c1-4-15-32(19-27-30-28(31-39-27)22-12-14-25(37-2)26(18-22)38-3)29(34)24-10-7-16-33(24)40(35,36)23-13-11-20-8-5-6-9-21(20)17-23/h4-6,8-9,11-14,17-18,24H,1,7,10,15-16,19H2,2-3H3/t24-/m1/s1. The monoisotopic (exact) mass is 562 g/mol. The molecule has 0 spiro atoms. The van der Waals surface area contributed by atoms with E-state index in [1.54, 1.807) is 49.6 Å². The van der Waals surface area contributed by atoms with Gasteiger partial charge in [0.2, 0.25) is 27.6 Å². The Hall–Kier alpha value is -4.22. The lowest BCUT2D eigenvalue weighted by Crippen LogP contribution is -2.47. The van der Waals surface area contributed by atoms with Crippen molar-refractivity contribution in [1.82, 2.24) is 19.3 Å². The number of methoxy groups -OCH3 is 2. The van der Waals surface area contributed by atoms with Crippen LogP contribution in [0.3, 0.4) is 0 Å². The molecule has 1 aliphatic heterocycles. The number of ether oxygens (including phenoxy) is 2. The molecule has 1 fully saturated rings. The third-order valence-corrected chi connectivity index (χ3v) is 8.82. The summed E-state index contributed by atoms with van der Waals surface area (Å²) in [6, 6.07) is 17.0. The van der Waals surface area contributed by atoms with E-state index in [4.69, 9.17) is 14.0 Å². The number of aromatic nitrogens is 2. The molecule has 1 aliphatic rings. The van der Waals surface area contributed by atoms with Crippen LogP contribution in [-0.4, -0.2) is 67.0 Å². The Labute approximate surface area is 232 Å². The van der Waals surface area contributed by atoms with Gasteiger partial charge in [-0.05, 0) is 53.9 Å². The van der Waals surface area contributed by atoms with E-state index in [1.165, 1.54) is 16.3 Å². The topological polar surface area (TPSA) is 115 Å². The normalized spacial score (nSPS) is 15.7. The van der Waals surface area contributed by atoms with Gasteiger partial charge in [-0.15, -0.1) is 6.58 Å². The fourth-order valence-corrected chi connectivity index (χ4v) is 6.60. The van der Waals surface area contributed by atoms with Gasteiger partial charge in [0, 0.05) is 18.7 Å². The van der Waals surface area contributed by atoms with Crippen molar-refractivity contribution in [2.75, 3.05) is 27.3 Å². The third kappa shape index (κ3) is 5.30. The summed E-state index contributed by atoms with van der Waals surface area (Å²) in [5, 5.41) is 5.82. The molecule has 0 N–H and O–H groups in total. The molecule has 1 aromatic heterocycles. The maximum Gasteiger partial charge on any atom is 0.246 e. The van der Waals surface area contributed by atoms with E-state index in [0.717, 1.165) is 10.8 Å². The number of nitrogens with zero attached hydrogens (tertiary/aromatic N) is 4. The molecule has 0 bridgehead atoms. The number of carbonyl (C=O) groups excluding carboxylic acids is 1. The van der Waals surface area contributed by atoms with Crippen molar-refractivity contribution in [3.8, 4) is 22.9 Å². The van der Waals surface area contributed by atoms with Crippen molar-refractivity contribution in [2.24, 2.45) is 0 Å². The largest absolute Gasteiger partial charge is 0.493 e. The van der Waals surface area contributed by atoms with E-state index < -0.39 is 16.1 Å². The van der Waals surface area contributed by atoms with E-state index in [-0.39, 0.29) is 36.3 Å².